The number of phosphoric ester groups is 2. The number of unbranched alkanes of at least 4 members (excludes halogenated alkanes) is 38. The van der Waals surface area contributed by atoms with Gasteiger partial charge in [-0.1, -0.05) is 335 Å². The predicted octanol–water partition coefficient (Wildman–Crippen LogP) is 25.7. The lowest BCUT2D eigenvalue weighted by molar-refractivity contribution is -0.161. The van der Waals surface area contributed by atoms with Crippen LogP contribution in [0.5, 0.6) is 0 Å². The Balaban J connectivity index is 4.38. The Morgan fingerprint density at radius 1 is 0.262 bits per heavy atom. The van der Waals surface area contributed by atoms with Gasteiger partial charge in [0.1, 0.15) is 25.4 Å². The molecule has 0 radical (unpaired) electrons. The highest BCUT2D eigenvalue weighted by Gasteiger charge is 2.29. The van der Waals surface area contributed by atoms with Crippen molar-refractivity contribution >= 4 is 33.6 Å². The highest BCUT2D eigenvalue weighted by molar-refractivity contribution is 7.47. The molecule has 0 aliphatic carbocycles. The van der Waals surface area contributed by atoms with Gasteiger partial charge in [-0.25, -0.2) is 9.13 Å². The molecule has 618 valence electrons. The van der Waals surface area contributed by atoms with Gasteiger partial charge in [-0.15, -0.1) is 0 Å². The summed E-state index contributed by atoms with van der Waals surface area (Å²) in [5.74, 6) is -1.59. The van der Waals surface area contributed by atoms with E-state index in [9.17, 15) is 43.5 Å². The van der Waals surface area contributed by atoms with Crippen molar-refractivity contribution in [3.05, 3.63) is 122 Å². The molecule has 0 saturated heterocycles. The molecular formula is C89H156O16P2. The quantitative estimate of drug-likeness (QED) is 0.0146. The Morgan fingerprint density at radius 2 is 0.486 bits per heavy atom. The summed E-state index contributed by atoms with van der Waals surface area (Å²) in [5.41, 5.74) is 0. The fourth-order valence-electron chi connectivity index (χ4n) is 11.6. The van der Waals surface area contributed by atoms with E-state index in [1.807, 2.05) is 0 Å². The normalized spacial score (nSPS) is 14.5. The van der Waals surface area contributed by atoms with Gasteiger partial charge in [0.25, 0.3) is 0 Å². The molecular weight excluding hydrogens is 1390 g/mol. The van der Waals surface area contributed by atoms with E-state index in [0.717, 1.165) is 154 Å². The van der Waals surface area contributed by atoms with Gasteiger partial charge in [0.15, 0.2) is 6.10 Å². The number of carbonyl (C=O) groups excluding carboxylic acids is 3. The van der Waals surface area contributed by atoms with Crippen LogP contribution < -0.4 is 0 Å². The van der Waals surface area contributed by atoms with Crippen LogP contribution in [0.1, 0.15) is 367 Å². The van der Waals surface area contributed by atoms with Crippen molar-refractivity contribution in [1.82, 2.24) is 0 Å². The largest absolute Gasteiger partial charge is 0.472 e. The van der Waals surface area contributed by atoms with Crippen LogP contribution in [0.25, 0.3) is 0 Å². The lowest BCUT2D eigenvalue weighted by Crippen LogP contribution is -2.30. The third-order valence-electron chi connectivity index (χ3n) is 18.1. The summed E-state index contributed by atoms with van der Waals surface area (Å²) in [6, 6.07) is 0. The molecule has 0 aromatic rings. The van der Waals surface area contributed by atoms with E-state index in [2.05, 4.69) is 142 Å². The monoisotopic (exact) mass is 1540 g/mol. The van der Waals surface area contributed by atoms with Crippen LogP contribution in [0.3, 0.4) is 0 Å². The Hall–Kier alpha value is -4.05. The van der Waals surface area contributed by atoms with E-state index in [0.29, 0.717) is 19.3 Å². The summed E-state index contributed by atoms with van der Waals surface area (Å²) in [6.45, 7) is 2.56. The zero-order valence-electron chi connectivity index (χ0n) is 67.8. The minimum Gasteiger partial charge on any atom is -0.463 e. The Kier molecular flexibility index (Phi) is 78.4. The van der Waals surface area contributed by atoms with Crippen molar-refractivity contribution in [2.75, 3.05) is 39.6 Å². The second-order valence-corrected chi connectivity index (χ2v) is 31.5. The highest BCUT2D eigenvalue weighted by Crippen LogP contribution is 2.45. The molecule has 0 aliphatic rings. The van der Waals surface area contributed by atoms with Crippen LogP contribution in [-0.2, 0) is 55.8 Å². The molecule has 0 bridgehead atoms. The molecule has 0 heterocycles. The van der Waals surface area contributed by atoms with Crippen LogP contribution in [0.4, 0.5) is 0 Å². The molecule has 5 atom stereocenters. The fraction of sp³-hybridized carbons (Fsp3) is 0.742. The van der Waals surface area contributed by atoms with Gasteiger partial charge in [0.05, 0.1) is 26.4 Å². The Labute approximate surface area is 653 Å². The van der Waals surface area contributed by atoms with Crippen LogP contribution in [-0.4, -0.2) is 95.9 Å². The summed E-state index contributed by atoms with van der Waals surface area (Å²) in [7, 11) is -9.80. The number of aliphatic hydroxyl groups excluding tert-OH is 2. The van der Waals surface area contributed by atoms with Crippen molar-refractivity contribution in [3.63, 3.8) is 0 Å². The molecule has 0 rings (SSSR count). The van der Waals surface area contributed by atoms with Crippen molar-refractivity contribution in [3.8, 4) is 0 Å². The topological polar surface area (TPSA) is 231 Å². The molecule has 107 heavy (non-hydrogen) atoms. The molecule has 0 aromatic heterocycles. The number of hydrogen-bond acceptors (Lipinski definition) is 14. The summed E-state index contributed by atoms with van der Waals surface area (Å²) in [6.07, 6.45) is 98.4. The summed E-state index contributed by atoms with van der Waals surface area (Å²) in [4.78, 5) is 58.7. The first-order valence-corrected chi connectivity index (χ1v) is 45.8. The van der Waals surface area contributed by atoms with Crippen LogP contribution in [0.15, 0.2) is 122 Å². The van der Waals surface area contributed by atoms with E-state index >= 15 is 0 Å². The lowest BCUT2D eigenvalue weighted by Gasteiger charge is -2.21. The molecule has 0 amide bonds. The van der Waals surface area contributed by atoms with Crippen molar-refractivity contribution in [2.45, 2.75) is 386 Å². The second-order valence-electron chi connectivity index (χ2n) is 28.6. The molecule has 16 nitrogen and oxygen atoms in total. The first-order valence-electron chi connectivity index (χ1n) is 42.8. The molecule has 0 fully saturated rings. The first kappa shape index (κ1) is 103. The molecule has 18 heteroatoms. The van der Waals surface area contributed by atoms with Crippen molar-refractivity contribution < 1.29 is 75.8 Å². The maximum Gasteiger partial charge on any atom is 0.472 e. The summed E-state index contributed by atoms with van der Waals surface area (Å²) < 4.78 is 61.2. The molecule has 0 spiro atoms. The molecule has 4 N–H and O–H groups in total. The minimum absolute atomic E-state index is 0.0845. The van der Waals surface area contributed by atoms with E-state index in [-0.39, 0.29) is 19.3 Å². The molecule has 5 unspecified atom stereocenters. The number of allylic oxidation sites excluding steroid dienone is 20. The lowest BCUT2D eigenvalue weighted by atomic mass is 10.0. The summed E-state index contributed by atoms with van der Waals surface area (Å²) in [5, 5.41) is 20.7. The average Bonchev–Trinajstić information content (AvgIpc) is 1.23. The third kappa shape index (κ3) is 82.7. The molecule has 0 aromatic carbocycles. The van der Waals surface area contributed by atoms with Gasteiger partial charge in [0, 0.05) is 19.3 Å². The second kappa shape index (κ2) is 81.4. The number of aliphatic hydroxyl groups is 2. The van der Waals surface area contributed by atoms with Gasteiger partial charge < -0.3 is 34.2 Å². The fourth-order valence-corrected chi connectivity index (χ4v) is 13.2. The standard InChI is InChI=1S/C89H156O16P2/c1-4-7-10-13-16-19-22-25-27-29-31-33-35-36-37-38-39-40-41-42-43-44-45-46-48-50-51-53-55-58-60-63-66-69-72-75-87(92)99-78-84(90)79-101-106(95,96)102-80-85(91)81-103-107(97,98)104-83-86(105-89(94)77-74-71-68-65-62-57-24-21-18-15-12-9-6-3)82-100-88(93)76-73-70-67-64-61-59-56-54-52-49-47-34-32-30-28-26-23-20-17-14-11-8-5-2/h12,15-17,19-21,24-28,31-34,36-37,49,52,84-86,90-91H,4-11,13-14,18,22-23,29-30,35,38-48,50-51,53-83H2,1-3H3,(H,95,96)(H,97,98)/b15-12-,19-16-,20-17-,24-21-,27-25-,28-26-,33-31-,34-32-,37-36-,52-49-. The van der Waals surface area contributed by atoms with Gasteiger partial charge in [-0.3, -0.25) is 32.5 Å². The average molecular weight is 1540 g/mol. The van der Waals surface area contributed by atoms with Crippen LogP contribution in [0, 0.1) is 0 Å². The Morgan fingerprint density at radius 3 is 0.776 bits per heavy atom. The van der Waals surface area contributed by atoms with Crippen molar-refractivity contribution in [2.24, 2.45) is 0 Å². The minimum atomic E-state index is -4.94. The number of hydrogen-bond donors (Lipinski definition) is 4. The van der Waals surface area contributed by atoms with Crippen LogP contribution >= 0.6 is 15.6 Å². The van der Waals surface area contributed by atoms with E-state index in [1.54, 1.807) is 0 Å². The van der Waals surface area contributed by atoms with E-state index in [1.165, 1.54) is 154 Å². The zero-order valence-corrected chi connectivity index (χ0v) is 69.6. The first-order chi connectivity index (χ1) is 52.2. The zero-order chi connectivity index (χ0) is 78.0. The number of esters is 3. The SMILES string of the molecule is CCC/C=C\C/C=C\CCCCCCCC(=O)OC(COC(=O)CCCCCCCCC/C=C\C/C=C\C/C=C\C/C=C\CCCCC)COP(=O)(O)OCC(O)COP(=O)(O)OCC(O)COC(=O)CCCCCCCCCCCCCCCCCCCCC/C=C\C/C=C\C/C=C\C/C=C\CCCCC. The Bertz CT molecular complexity index is 2430. The predicted molar refractivity (Wildman–Crippen MR) is 445 cm³/mol. The maximum atomic E-state index is 13.0. The van der Waals surface area contributed by atoms with Crippen molar-refractivity contribution in [1.29, 1.82) is 0 Å². The number of phosphoric acid groups is 2. The number of ether oxygens (including phenoxy) is 3. The smallest absolute Gasteiger partial charge is 0.463 e. The maximum absolute atomic E-state index is 13.0. The van der Waals surface area contributed by atoms with E-state index in [4.69, 9.17) is 32.3 Å². The highest BCUT2D eigenvalue weighted by atomic mass is 31.2. The van der Waals surface area contributed by atoms with Gasteiger partial charge >= 0.3 is 33.6 Å². The van der Waals surface area contributed by atoms with E-state index < -0.39 is 91.5 Å². The molecule has 0 saturated carbocycles. The van der Waals surface area contributed by atoms with Gasteiger partial charge in [-0.05, 0) is 135 Å². The number of rotatable bonds is 81. The van der Waals surface area contributed by atoms with Crippen LogP contribution in [0.2, 0.25) is 0 Å². The molecule has 0 aliphatic heterocycles. The van der Waals surface area contributed by atoms with Gasteiger partial charge in [-0.2, -0.15) is 0 Å². The van der Waals surface area contributed by atoms with Gasteiger partial charge in [0.2, 0.25) is 0 Å². The third-order valence-corrected chi connectivity index (χ3v) is 20.0. The number of carbonyl (C=O) groups is 3. The summed E-state index contributed by atoms with van der Waals surface area (Å²) >= 11 is 0.